The van der Waals surface area contributed by atoms with Crippen molar-refractivity contribution in [3.8, 4) is 23.0 Å². The number of carbonyl (C=O) groups excluding carboxylic acids is 1. The second-order valence-corrected chi connectivity index (χ2v) is 6.52. The minimum atomic E-state index is -0.469. The van der Waals surface area contributed by atoms with E-state index in [2.05, 4.69) is 42.4 Å². The van der Waals surface area contributed by atoms with E-state index in [1.54, 1.807) is 18.2 Å². The summed E-state index contributed by atoms with van der Waals surface area (Å²) in [6, 6.07) is 8.01. The highest BCUT2D eigenvalue weighted by molar-refractivity contribution is 9.10. The molecule has 0 unspecified atom stereocenters. The molecule has 0 atom stereocenters. The molecule has 0 aliphatic rings. The third-order valence-corrected chi connectivity index (χ3v) is 4.05. The lowest BCUT2D eigenvalue weighted by molar-refractivity contribution is -0.123. The summed E-state index contributed by atoms with van der Waals surface area (Å²) in [5, 5.41) is 22.7. The molecule has 0 saturated heterocycles. The van der Waals surface area contributed by atoms with Crippen molar-refractivity contribution in [1.29, 1.82) is 0 Å². The first kappa shape index (κ1) is 19.1. The summed E-state index contributed by atoms with van der Waals surface area (Å²) >= 11 is 6.41. The Hall–Kier alpha value is -2.26. The number of hydrogen-bond donors (Lipinski definition) is 3. The van der Waals surface area contributed by atoms with Crippen LogP contribution in [-0.2, 0) is 4.79 Å². The maximum atomic E-state index is 11.8. The lowest BCUT2D eigenvalue weighted by Crippen LogP contribution is -2.24. The van der Waals surface area contributed by atoms with E-state index in [-0.39, 0.29) is 18.1 Å². The Bertz CT molecular complexity index is 788. The molecule has 7 nitrogen and oxygen atoms in total. The van der Waals surface area contributed by atoms with Gasteiger partial charge in [-0.2, -0.15) is 5.10 Å². The summed E-state index contributed by atoms with van der Waals surface area (Å²) in [6.07, 6.45) is 1.32. The number of carbonyl (C=O) groups is 1. The molecule has 0 aliphatic heterocycles. The largest absolute Gasteiger partial charge is 0.504 e. The fourth-order valence-electron chi connectivity index (χ4n) is 1.79. The van der Waals surface area contributed by atoms with Gasteiger partial charge in [-0.05, 0) is 51.8 Å². The van der Waals surface area contributed by atoms with Crippen molar-refractivity contribution in [1.82, 2.24) is 5.43 Å². The van der Waals surface area contributed by atoms with Crippen LogP contribution in [0.4, 0.5) is 0 Å². The fraction of sp³-hybridized carbons (Fsp3) is 0.125. The van der Waals surface area contributed by atoms with Gasteiger partial charge in [0.1, 0.15) is 0 Å². The van der Waals surface area contributed by atoms with E-state index in [4.69, 9.17) is 9.47 Å². The molecule has 0 bridgehead atoms. The van der Waals surface area contributed by atoms with Crippen LogP contribution in [0.2, 0.25) is 0 Å². The molecule has 0 aliphatic carbocycles. The van der Waals surface area contributed by atoms with Crippen LogP contribution < -0.4 is 14.9 Å². The van der Waals surface area contributed by atoms with Crippen molar-refractivity contribution in [3.63, 3.8) is 0 Å². The van der Waals surface area contributed by atoms with Gasteiger partial charge < -0.3 is 19.7 Å². The van der Waals surface area contributed by atoms with Gasteiger partial charge in [0.15, 0.2) is 29.6 Å². The molecule has 2 aromatic rings. The summed E-state index contributed by atoms with van der Waals surface area (Å²) < 4.78 is 11.7. The van der Waals surface area contributed by atoms with Crippen molar-refractivity contribution in [2.75, 3.05) is 13.7 Å². The zero-order chi connectivity index (χ0) is 18.4. The van der Waals surface area contributed by atoms with Crippen LogP contribution in [0.3, 0.4) is 0 Å². The third-order valence-electron chi connectivity index (χ3n) is 2.95. The molecule has 0 radical (unpaired) electrons. The van der Waals surface area contributed by atoms with Crippen molar-refractivity contribution in [2.45, 2.75) is 0 Å². The van der Waals surface area contributed by atoms with Crippen LogP contribution in [0.5, 0.6) is 23.0 Å². The third kappa shape index (κ3) is 5.36. The zero-order valence-corrected chi connectivity index (χ0v) is 16.2. The Labute approximate surface area is 160 Å². The molecule has 1 amide bonds. The number of aromatic hydroxyl groups is 2. The number of halogens is 2. The molecule has 0 aromatic heterocycles. The SMILES string of the molecule is COc1cc(Br)ccc1OCC(=O)NN=Cc1cc(O)c(O)c(Br)c1. The Morgan fingerprint density at radius 1 is 1.24 bits per heavy atom. The summed E-state index contributed by atoms with van der Waals surface area (Å²) in [4.78, 5) is 11.8. The highest BCUT2D eigenvalue weighted by Crippen LogP contribution is 2.33. The Morgan fingerprint density at radius 2 is 2.00 bits per heavy atom. The smallest absolute Gasteiger partial charge is 0.277 e. The van der Waals surface area contributed by atoms with E-state index in [0.717, 1.165) is 4.47 Å². The van der Waals surface area contributed by atoms with Gasteiger partial charge >= 0.3 is 0 Å². The average molecular weight is 474 g/mol. The summed E-state index contributed by atoms with van der Waals surface area (Å²) in [6.45, 7) is -0.250. The number of rotatable bonds is 6. The summed E-state index contributed by atoms with van der Waals surface area (Å²) in [5.41, 5.74) is 2.78. The first-order chi connectivity index (χ1) is 11.9. The Kier molecular flexibility index (Phi) is 6.65. The lowest BCUT2D eigenvalue weighted by atomic mass is 10.2. The number of ether oxygens (including phenoxy) is 2. The number of nitrogens with zero attached hydrogens (tertiary/aromatic N) is 1. The molecular weight excluding hydrogens is 460 g/mol. The van der Waals surface area contributed by atoms with Gasteiger partial charge in [-0.25, -0.2) is 5.43 Å². The fourth-order valence-corrected chi connectivity index (χ4v) is 2.60. The molecule has 2 rings (SSSR count). The highest BCUT2D eigenvalue weighted by Gasteiger charge is 2.08. The van der Waals surface area contributed by atoms with Crippen LogP contribution in [0.25, 0.3) is 0 Å². The van der Waals surface area contributed by atoms with Crippen molar-refractivity contribution >= 4 is 44.0 Å². The standard InChI is InChI=1S/C16H14Br2N2O5/c1-24-14-6-10(17)2-3-13(14)25-8-15(22)20-19-7-9-4-11(18)16(23)12(21)5-9/h2-7,21,23H,8H2,1H3,(H,20,22). The quantitative estimate of drug-likeness (QED) is 0.340. The summed E-state index contributed by atoms with van der Waals surface area (Å²) in [7, 11) is 1.50. The van der Waals surface area contributed by atoms with Crippen LogP contribution in [0.1, 0.15) is 5.56 Å². The number of benzene rings is 2. The van der Waals surface area contributed by atoms with Gasteiger partial charge in [0, 0.05) is 4.47 Å². The van der Waals surface area contributed by atoms with Gasteiger partial charge in [-0.3, -0.25) is 4.79 Å². The molecular formula is C16H14Br2N2O5. The molecule has 25 heavy (non-hydrogen) atoms. The van der Waals surface area contributed by atoms with E-state index in [1.165, 1.54) is 25.5 Å². The van der Waals surface area contributed by atoms with E-state index in [1.807, 2.05) is 0 Å². The number of phenolic OH excluding ortho intramolecular Hbond substituents is 2. The maximum Gasteiger partial charge on any atom is 0.277 e. The predicted molar refractivity (Wildman–Crippen MR) is 99.4 cm³/mol. The van der Waals surface area contributed by atoms with Crippen LogP contribution in [0.15, 0.2) is 44.4 Å². The van der Waals surface area contributed by atoms with Crippen molar-refractivity contribution in [3.05, 3.63) is 44.8 Å². The van der Waals surface area contributed by atoms with E-state index in [9.17, 15) is 15.0 Å². The molecule has 2 aromatic carbocycles. The molecule has 0 saturated carbocycles. The maximum absolute atomic E-state index is 11.8. The lowest BCUT2D eigenvalue weighted by Gasteiger charge is -2.10. The topological polar surface area (TPSA) is 100 Å². The van der Waals surface area contributed by atoms with Gasteiger partial charge in [0.05, 0.1) is 17.8 Å². The number of nitrogens with one attached hydrogen (secondary N) is 1. The molecule has 0 heterocycles. The molecule has 0 fully saturated rings. The molecule has 3 N–H and O–H groups in total. The number of phenols is 2. The number of hydrazone groups is 1. The van der Waals surface area contributed by atoms with Crippen LogP contribution in [-0.4, -0.2) is 36.1 Å². The predicted octanol–water partition coefficient (Wildman–Crippen LogP) is 3.16. The van der Waals surface area contributed by atoms with Crippen molar-refractivity contribution < 1.29 is 24.5 Å². The van der Waals surface area contributed by atoms with E-state index >= 15 is 0 Å². The molecule has 132 valence electrons. The first-order valence-corrected chi connectivity index (χ1v) is 8.49. The van der Waals surface area contributed by atoms with Crippen LogP contribution >= 0.6 is 31.9 Å². The normalized spacial score (nSPS) is 10.7. The van der Waals surface area contributed by atoms with Crippen LogP contribution in [0, 0.1) is 0 Å². The van der Waals surface area contributed by atoms with Gasteiger partial charge in [0.25, 0.3) is 5.91 Å². The second kappa shape index (κ2) is 8.72. The number of hydrogen-bond acceptors (Lipinski definition) is 6. The zero-order valence-electron chi connectivity index (χ0n) is 13.0. The molecule has 0 spiro atoms. The van der Waals surface area contributed by atoms with Gasteiger partial charge in [-0.15, -0.1) is 0 Å². The summed E-state index contributed by atoms with van der Waals surface area (Å²) in [5.74, 6) is -0.110. The monoisotopic (exact) mass is 472 g/mol. The van der Waals surface area contributed by atoms with E-state index in [0.29, 0.717) is 21.5 Å². The Morgan fingerprint density at radius 3 is 2.68 bits per heavy atom. The van der Waals surface area contributed by atoms with Gasteiger partial charge in [-0.1, -0.05) is 15.9 Å². The van der Waals surface area contributed by atoms with Crippen molar-refractivity contribution in [2.24, 2.45) is 5.10 Å². The van der Waals surface area contributed by atoms with E-state index < -0.39 is 5.91 Å². The minimum absolute atomic E-state index is 0.250. The number of amides is 1. The molecule has 9 heteroatoms. The average Bonchev–Trinajstić information content (AvgIpc) is 2.58. The van der Waals surface area contributed by atoms with Gasteiger partial charge in [0.2, 0.25) is 0 Å². The first-order valence-electron chi connectivity index (χ1n) is 6.90. The Balaban J connectivity index is 1.91. The number of methoxy groups -OCH3 is 1. The minimum Gasteiger partial charge on any atom is -0.504 e. The highest BCUT2D eigenvalue weighted by atomic mass is 79.9. The second-order valence-electron chi connectivity index (χ2n) is 4.75.